The summed E-state index contributed by atoms with van der Waals surface area (Å²) in [6.07, 6.45) is 0.891. The van der Waals surface area contributed by atoms with Crippen LogP contribution in [0.25, 0.3) is 0 Å². The zero-order valence-corrected chi connectivity index (χ0v) is 11.3. The van der Waals surface area contributed by atoms with Crippen molar-refractivity contribution in [3.63, 3.8) is 0 Å². The Hall–Kier alpha value is -1.06. The molecule has 1 unspecified atom stereocenters. The molecule has 0 aliphatic rings. The molecule has 0 aromatic heterocycles. The summed E-state index contributed by atoms with van der Waals surface area (Å²) in [5, 5.41) is 3.95. The lowest BCUT2D eigenvalue weighted by molar-refractivity contribution is -0.130. The third kappa shape index (κ3) is 4.75. The molecule has 94 valence electrons. The fourth-order valence-electron chi connectivity index (χ4n) is 1.56. The summed E-state index contributed by atoms with van der Waals surface area (Å²) in [6.45, 7) is 2.66. The van der Waals surface area contributed by atoms with Crippen molar-refractivity contribution in [3.05, 3.63) is 34.9 Å². The largest absolute Gasteiger partial charge is 0.347 e. The molecule has 0 heterocycles. The molecule has 17 heavy (non-hydrogen) atoms. The van der Waals surface area contributed by atoms with Gasteiger partial charge in [-0.1, -0.05) is 23.7 Å². The molecule has 0 aliphatic heterocycles. The van der Waals surface area contributed by atoms with Crippen molar-refractivity contribution in [2.24, 2.45) is 0 Å². The quantitative estimate of drug-likeness (QED) is 0.871. The van der Waals surface area contributed by atoms with Crippen LogP contribution >= 0.6 is 11.6 Å². The molecule has 1 N–H and O–H groups in total. The number of hydrogen-bond donors (Lipinski definition) is 1. The Morgan fingerprint density at radius 2 is 1.94 bits per heavy atom. The number of nitrogens with zero attached hydrogens (tertiary/aromatic N) is 1. The Bertz CT molecular complexity index is 362. The number of benzene rings is 1. The van der Waals surface area contributed by atoms with Gasteiger partial charge in [-0.15, -0.1) is 0 Å². The monoisotopic (exact) mass is 254 g/mol. The number of amides is 1. The van der Waals surface area contributed by atoms with Crippen molar-refractivity contribution in [2.45, 2.75) is 19.4 Å². The first-order valence-electron chi connectivity index (χ1n) is 5.69. The van der Waals surface area contributed by atoms with E-state index in [4.69, 9.17) is 11.6 Å². The molecule has 1 atom stereocenters. The van der Waals surface area contributed by atoms with E-state index in [9.17, 15) is 4.79 Å². The van der Waals surface area contributed by atoms with E-state index in [1.165, 1.54) is 5.56 Å². The maximum atomic E-state index is 11.6. The van der Waals surface area contributed by atoms with Gasteiger partial charge in [-0.2, -0.15) is 0 Å². The summed E-state index contributed by atoms with van der Waals surface area (Å²) in [5.74, 6) is 0.0982. The van der Waals surface area contributed by atoms with Gasteiger partial charge in [0.1, 0.15) is 0 Å². The van der Waals surface area contributed by atoms with Gasteiger partial charge in [0, 0.05) is 19.1 Å². The Kier molecular flexibility index (Phi) is 5.45. The Morgan fingerprint density at radius 3 is 2.47 bits per heavy atom. The normalized spacial score (nSPS) is 12.2. The molecule has 1 aromatic carbocycles. The zero-order chi connectivity index (χ0) is 12.8. The molecule has 0 fully saturated rings. The second kappa shape index (κ2) is 6.62. The number of likely N-dealkylation sites (N-methyl/N-ethyl adjacent to an activating group) is 1. The SMILES string of the molecule is CC(NCCc1ccc(Cl)cc1)C(=O)N(C)C. The van der Waals surface area contributed by atoms with Gasteiger partial charge in [0.05, 0.1) is 6.04 Å². The lowest BCUT2D eigenvalue weighted by atomic mass is 10.1. The van der Waals surface area contributed by atoms with Crippen LogP contribution in [0.15, 0.2) is 24.3 Å². The van der Waals surface area contributed by atoms with Crippen molar-refractivity contribution >= 4 is 17.5 Å². The minimum Gasteiger partial charge on any atom is -0.347 e. The molecule has 0 bridgehead atoms. The molecule has 1 rings (SSSR count). The van der Waals surface area contributed by atoms with Crippen LogP contribution in [0.3, 0.4) is 0 Å². The molecule has 0 aliphatic carbocycles. The predicted octanol–water partition coefficient (Wildman–Crippen LogP) is 1.95. The topological polar surface area (TPSA) is 32.3 Å². The number of carbonyl (C=O) groups excluding carboxylic acids is 1. The van der Waals surface area contributed by atoms with E-state index in [-0.39, 0.29) is 11.9 Å². The summed E-state index contributed by atoms with van der Waals surface area (Å²) in [5.41, 5.74) is 1.21. The van der Waals surface area contributed by atoms with E-state index in [2.05, 4.69) is 5.32 Å². The summed E-state index contributed by atoms with van der Waals surface area (Å²) in [4.78, 5) is 13.2. The summed E-state index contributed by atoms with van der Waals surface area (Å²) < 4.78 is 0. The first-order valence-corrected chi connectivity index (χ1v) is 6.07. The van der Waals surface area contributed by atoms with Crippen LogP contribution < -0.4 is 5.32 Å². The molecule has 1 amide bonds. The maximum absolute atomic E-state index is 11.6. The van der Waals surface area contributed by atoms with Crippen LogP contribution in [-0.2, 0) is 11.2 Å². The molecule has 3 nitrogen and oxygen atoms in total. The Morgan fingerprint density at radius 1 is 1.35 bits per heavy atom. The number of rotatable bonds is 5. The highest BCUT2D eigenvalue weighted by molar-refractivity contribution is 6.30. The number of nitrogens with one attached hydrogen (secondary N) is 1. The molecule has 0 spiro atoms. The highest BCUT2D eigenvalue weighted by atomic mass is 35.5. The Balaban J connectivity index is 2.33. The lowest BCUT2D eigenvalue weighted by Gasteiger charge is -2.17. The van der Waals surface area contributed by atoms with Crippen LogP contribution in [0, 0.1) is 0 Å². The smallest absolute Gasteiger partial charge is 0.238 e. The van der Waals surface area contributed by atoms with Gasteiger partial charge in [0.25, 0.3) is 0 Å². The minimum absolute atomic E-state index is 0.0982. The maximum Gasteiger partial charge on any atom is 0.238 e. The zero-order valence-electron chi connectivity index (χ0n) is 10.5. The molecule has 0 saturated carbocycles. The van der Waals surface area contributed by atoms with Crippen molar-refractivity contribution in [2.75, 3.05) is 20.6 Å². The average molecular weight is 255 g/mol. The third-order valence-electron chi connectivity index (χ3n) is 2.59. The van der Waals surface area contributed by atoms with Crippen LogP contribution in [0.1, 0.15) is 12.5 Å². The van der Waals surface area contributed by atoms with E-state index < -0.39 is 0 Å². The van der Waals surface area contributed by atoms with Crippen molar-refractivity contribution in [3.8, 4) is 0 Å². The van der Waals surface area contributed by atoms with Gasteiger partial charge >= 0.3 is 0 Å². The van der Waals surface area contributed by atoms with Crippen LogP contribution in [0.2, 0.25) is 5.02 Å². The van der Waals surface area contributed by atoms with Gasteiger partial charge in [-0.05, 0) is 37.6 Å². The molecule has 0 radical (unpaired) electrons. The third-order valence-corrected chi connectivity index (χ3v) is 2.84. The number of halogens is 1. The van der Waals surface area contributed by atoms with E-state index in [0.29, 0.717) is 0 Å². The van der Waals surface area contributed by atoms with Crippen LogP contribution in [0.5, 0.6) is 0 Å². The Labute approximate surface area is 108 Å². The average Bonchev–Trinajstić information content (AvgIpc) is 2.30. The van der Waals surface area contributed by atoms with Gasteiger partial charge in [-0.3, -0.25) is 4.79 Å². The standard InChI is InChI=1S/C13H19ClN2O/c1-10(13(17)16(2)3)15-9-8-11-4-6-12(14)7-5-11/h4-7,10,15H,8-9H2,1-3H3. The number of carbonyl (C=O) groups is 1. The van der Waals surface area contributed by atoms with Gasteiger partial charge in [0.2, 0.25) is 5.91 Å². The molecular weight excluding hydrogens is 236 g/mol. The fourth-order valence-corrected chi connectivity index (χ4v) is 1.68. The van der Waals surface area contributed by atoms with Crippen LogP contribution in [-0.4, -0.2) is 37.5 Å². The van der Waals surface area contributed by atoms with Gasteiger partial charge in [-0.25, -0.2) is 0 Å². The van der Waals surface area contributed by atoms with E-state index in [1.807, 2.05) is 31.2 Å². The van der Waals surface area contributed by atoms with Crippen molar-refractivity contribution in [1.29, 1.82) is 0 Å². The molecule has 4 heteroatoms. The predicted molar refractivity (Wildman–Crippen MR) is 71.3 cm³/mol. The number of hydrogen-bond acceptors (Lipinski definition) is 2. The second-order valence-corrected chi connectivity index (χ2v) is 4.72. The fraction of sp³-hybridized carbons (Fsp3) is 0.462. The minimum atomic E-state index is -0.141. The van der Waals surface area contributed by atoms with E-state index >= 15 is 0 Å². The van der Waals surface area contributed by atoms with Crippen LogP contribution in [0.4, 0.5) is 0 Å². The second-order valence-electron chi connectivity index (χ2n) is 4.28. The van der Waals surface area contributed by atoms with Crippen molar-refractivity contribution in [1.82, 2.24) is 10.2 Å². The molecular formula is C13H19ClN2O. The lowest BCUT2D eigenvalue weighted by Crippen LogP contribution is -2.42. The summed E-state index contributed by atoms with van der Waals surface area (Å²) in [7, 11) is 3.53. The first kappa shape index (κ1) is 14.0. The summed E-state index contributed by atoms with van der Waals surface area (Å²) >= 11 is 5.81. The van der Waals surface area contributed by atoms with Gasteiger partial charge in [0.15, 0.2) is 0 Å². The first-order chi connectivity index (χ1) is 8.00. The van der Waals surface area contributed by atoms with E-state index in [0.717, 1.165) is 18.0 Å². The molecule has 0 saturated heterocycles. The summed E-state index contributed by atoms with van der Waals surface area (Å²) in [6, 6.07) is 7.62. The van der Waals surface area contributed by atoms with Gasteiger partial charge < -0.3 is 10.2 Å². The molecule has 1 aromatic rings. The van der Waals surface area contributed by atoms with Crippen molar-refractivity contribution < 1.29 is 4.79 Å². The highest BCUT2D eigenvalue weighted by Gasteiger charge is 2.13. The van der Waals surface area contributed by atoms with E-state index in [1.54, 1.807) is 19.0 Å². The highest BCUT2D eigenvalue weighted by Crippen LogP contribution is 2.09.